The monoisotopic (exact) mass is 425 g/mol. The first kappa shape index (κ1) is 17.5. The number of rotatable bonds is 7. The van der Waals surface area contributed by atoms with Gasteiger partial charge in [0.05, 0.1) is 18.5 Å². The molecule has 4 rings (SSSR count). The number of aromatic nitrogens is 3. The molecule has 6 nitrogen and oxygen atoms in total. The van der Waals surface area contributed by atoms with Gasteiger partial charge in [0.1, 0.15) is 29.3 Å². The van der Waals surface area contributed by atoms with E-state index in [0.29, 0.717) is 36.1 Å². The van der Waals surface area contributed by atoms with Crippen LogP contribution < -0.4 is 9.47 Å². The quantitative estimate of drug-likeness (QED) is 0.401. The molecular weight excluding hydrogens is 410 g/mol. The number of hydrogen-bond donors (Lipinski definition) is 0. The second-order valence-electron chi connectivity index (χ2n) is 5.67. The second kappa shape index (κ2) is 8.18. The molecule has 0 spiro atoms. The van der Waals surface area contributed by atoms with Crippen molar-refractivity contribution in [3.8, 4) is 23.1 Å². The van der Waals surface area contributed by atoms with E-state index in [9.17, 15) is 0 Å². The lowest BCUT2D eigenvalue weighted by atomic mass is 10.3. The molecule has 0 unspecified atom stereocenters. The number of fused-ring (bicyclic) bond motifs is 1. The number of nitrogens with zero attached hydrogens (tertiary/aromatic N) is 3. The van der Waals surface area contributed by atoms with E-state index < -0.39 is 0 Å². The molecule has 0 fully saturated rings. The molecule has 3 heterocycles. The molecule has 0 N–H and O–H groups in total. The zero-order valence-electron chi connectivity index (χ0n) is 14.3. The molecule has 0 bridgehead atoms. The van der Waals surface area contributed by atoms with Gasteiger partial charge >= 0.3 is 0 Å². The SMILES string of the molecule is BrCCOc1ccc(COc2ccc3oc(-c4ccccn4)nc3c2)nc1. The first-order valence-electron chi connectivity index (χ1n) is 8.40. The standard InChI is InChI=1S/C20H16BrN3O3/c21-8-10-25-16-5-4-14(23-12-16)13-26-15-6-7-19-18(11-15)24-20(27-19)17-3-1-2-9-22-17/h1-7,9,11-12H,8,10,13H2. The van der Waals surface area contributed by atoms with Crippen LogP contribution in [0.2, 0.25) is 0 Å². The number of oxazole rings is 1. The van der Waals surface area contributed by atoms with E-state index in [1.165, 1.54) is 0 Å². The van der Waals surface area contributed by atoms with Crippen molar-refractivity contribution in [1.29, 1.82) is 0 Å². The molecule has 27 heavy (non-hydrogen) atoms. The topological polar surface area (TPSA) is 70.3 Å². The van der Waals surface area contributed by atoms with Crippen molar-refractivity contribution in [1.82, 2.24) is 15.0 Å². The lowest BCUT2D eigenvalue weighted by molar-refractivity contribution is 0.300. The summed E-state index contributed by atoms with van der Waals surface area (Å²) in [6, 6.07) is 14.9. The number of benzene rings is 1. The number of hydrogen-bond acceptors (Lipinski definition) is 6. The average molecular weight is 426 g/mol. The largest absolute Gasteiger partial charge is 0.491 e. The van der Waals surface area contributed by atoms with E-state index in [-0.39, 0.29) is 0 Å². The second-order valence-corrected chi connectivity index (χ2v) is 6.47. The lowest BCUT2D eigenvalue weighted by Crippen LogP contribution is -2.01. The Labute approximate surface area is 164 Å². The predicted octanol–water partition coefficient (Wildman–Crippen LogP) is 4.64. The molecule has 136 valence electrons. The van der Waals surface area contributed by atoms with Crippen LogP contribution in [-0.2, 0) is 6.61 Å². The van der Waals surface area contributed by atoms with Crippen LogP contribution in [-0.4, -0.2) is 26.9 Å². The van der Waals surface area contributed by atoms with Gasteiger partial charge in [-0.1, -0.05) is 22.0 Å². The van der Waals surface area contributed by atoms with Crippen molar-refractivity contribution < 1.29 is 13.9 Å². The summed E-state index contributed by atoms with van der Waals surface area (Å²) in [5, 5.41) is 0.782. The molecule has 0 saturated carbocycles. The minimum Gasteiger partial charge on any atom is -0.491 e. The zero-order chi connectivity index (χ0) is 18.5. The van der Waals surface area contributed by atoms with Crippen molar-refractivity contribution in [2.45, 2.75) is 6.61 Å². The molecule has 0 saturated heterocycles. The van der Waals surface area contributed by atoms with Gasteiger partial charge in [-0.25, -0.2) is 4.98 Å². The maximum Gasteiger partial charge on any atom is 0.246 e. The molecule has 0 aliphatic heterocycles. The van der Waals surface area contributed by atoms with Crippen LogP contribution in [0, 0.1) is 0 Å². The van der Waals surface area contributed by atoms with E-state index in [1.807, 2.05) is 48.5 Å². The molecular formula is C20H16BrN3O3. The summed E-state index contributed by atoms with van der Waals surface area (Å²) in [4.78, 5) is 13.1. The molecule has 0 amide bonds. The molecule has 4 aromatic rings. The maximum atomic E-state index is 5.83. The summed E-state index contributed by atoms with van der Waals surface area (Å²) >= 11 is 3.32. The van der Waals surface area contributed by atoms with Gasteiger partial charge in [-0.15, -0.1) is 0 Å². The van der Waals surface area contributed by atoms with E-state index in [4.69, 9.17) is 13.9 Å². The van der Waals surface area contributed by atoms with Crippen molar-refractivity contribution in [3.63, 3.8) is 0 Å². The van der Waals surface area contributed by atoms with Crippen LogP contribution in [0.1, 0.15) is 5.69 Å². The van der Waals surface area contributed by atoms with Crippen molar-refractivity contribution in [2.75, 3.05) is 11.9 Å². The highest BCUT2D eigenvalue weighted by Crippen LogP contribution is 2.26. The van der Waals surface area contributed by atoms with Crippen LogP contribution in [0.25, 0.3) is 22.7 Å². The minimum atomic E-state index is 0.356. The highest BCUT2D eigenvalue weighted by molar-refractivity contribution is 9.09. The van der Waals surface area contributed by atoms with Crippen molar-refractivity contribution >= 4 is 27.0 Å². The van der Waals surface area contributed by atoms with Gasteiger partial charge in [0.2, 0.25) is 5.89 Å². The summed E-state index contributed by atoms with van der Waals surface area (Å²) in [5.74, 6) is 1.93. The number of ether oxygens (including phenoxy) is 2. The molecule has 0 atom stereocenters. The van der Waals surface area contributed by atoms with Gasteiger partial charge in [-0.2, -0.15) is 0 Å². The first-order chi connectivity index (χ1) is 13.3. The highest BCUT2D eigenvalue weighted by atomic mass is 79.9. The van der Waals surface area contributed by atoms with Gasteiger partial charge in [0, 0.05) is 17.6 Å². The van der Waals surface area contributed by atoms with Crippen LogP contribution in [0.4, 0.5) is 0 Å². The van der Waals surface area contributed by atoms with Gasteiger partial charge in [-0.05, 0) is 36.4 Å². The first-order valence-corrected chi connectivity index (χ1v) is 9.52. The predicted molar refractivity (Wildman–Crippen MR) is 105 cm³/mol. The van der Waals surface area contributed by atoms with Crippen LogP contribution >= 0.6 is 15.9 Å². The Morgan fingerprint density at radius 2 is 1.89 bits per heavy atom. The Balaban J connectivity index is 1.45. The summed E-state index contributed by atoms with van der Waals surface area (Å²) < 4.78 is 17.1. The van der Waals surface area contributed by atoms with Gasteiger partial charge < -0.3 is 13.9 Å². The number of alkyl halides is 1. The number of pyridine rings is 2. The third-order valence-electron chi connectivity index (χ3n) is 3.77. The molecule has 3 aromatic heterocycles. The van der Waals surface area contributed by atoms with Crippen molar-refractivity contribution in [3.05, 3.63) is 66.6 Å². The Morgan fingerprint density at radius 1 is 0.963 bits per heavy atom. The highest BCUT2D eigenvalue weighted by Gasteiger charge is 2.10. The van der Waals surface area contributed by atoms with Crippen molar-refractivity contribution in [2.24, 2.45) is 0 Å². The van der Waals surface area contributed by atoms with Gasteiger partial charge in [0.25, 0.3) is 0 Å². The maximum absolute atomic E-state index is 5.83. The van der Waals surface area contributed by atoms with Crippen LogP contribution in [0.15, 0.2) is 65.3 Å². The Bertz CT molecular complexity index is 1020. The smallest absolute Gasteiger partial charge is 0.246 e. The van der Waals surface area contributed by atoms with Crippen LogP contribution in [0.3, 0.4) is 0 Å². The number of halogens is 1. The third kappa shape index (κ3) is 4.25. The van der Waals surface area contributed by atoms with Crippen LogP contribution in [0.5, 0.6) is 11.5 Å². The summed E-state index contributed by atoms with van der Waals surface area (Å²) in [7, 11) is 0. The van der Waals surface area contributed by atoms with E-state index in [1.54, 1.807) is 12.4 Å². The molecule has 7 heteroatoms. The van der Waals surface area contributed by atoms with Gasteiger partial charge in [0.15, 0.2) is 5.58 Å². The fourth-order valence-corrected chi connectivity index (χ4v) is 2.65. The fourth-order valence-electron chi connectivity index (χ4n) is 2.49. The van der Waals surface area contributed by atoms with Gasteiger partial charge in [-0.3, -0.25) is 9.97 Å². The summed E-state index contributed by atoms with van der Waals surface area (Å²) in [5.41, 5.74) is 2.92. The molecule has 0 aliphatic carbocycles. The molecule has 0 aliphatic rings. The van der Waals surface area contributed by atoms with E-state index in [0.717, 1.165) is 22.3 Å². The average Bonchev–Trinajstić information content (AvgIpc) is 3.15. The zero-order valence-corrected chi connectivity index (χ0v) is 15.9. The summed E-state index contributed by atoms with van der Waals surface area (Å²) in [6.07, 6.45) is 3.41. The normalized spacial score (nSPS) is 10.9. The van der Waals surface area contributed by atoms with E-state index in [2.05, 4.69) is 30.9 Å². The van der Waals surface area contributed by atoms with E-state index >= 15 is 0 Å². The Morgan fingerprint density at radius 3 is 2.67 bits per heavy atom. The molecule has 0 radical (unpaired) electrons. The molecule has 1 aromatic carbocycles. The third-order valence-corrected chi connectivity index (χ3v) is 4.10. The minimum absolute atomic E-state index is 0.356. The fraction of sp³-hybridized carbons (Fsp3) is 0.150. The lowest BCUT2D eigenvalue weighted by Gasteiger charge is -2.07. The Hall–Kier alpha value is -2.93. The Kier molecular flexibility index (Phi) is 5.29. The summed E-state index contributed by atoms with van der Waals surface area (Å²) in [6.45, 7) is 0.963.